The van der Waals surface area contributed by atoms with E-state index in [9.17, 15) is 8.42 Å². The maximum absolute atomic E-state index is 12.2. The molecule has 0 aromatic heterocycles. The summed E-state index contributed by atoms with van der Waals surface area (Å²) in [4.78, 5) is 2.24. The van der Waals surface area contributed by atoms with Crippen LogP contribution < -0.4 is 4.72 Å². The van der Waals surface area contributed by atoms with Crippen molar-refractivity contribution in [2.24, 2.45) is 5.92 Å². The van der Waals surface area contributed by atoms with Gasteiger partial charge in [0.05, 0.1) is 11.4 Å². The molecule has 21 heavy (non-hydrogen) atoms. The highest BCUT2D eigenvalue weighted by molar-refractivity contribution is 7.92. The van der Waals surface area contributed by atoms with Crippen LogP contribution in [-0.4, -0.2) is 38.0 Å². The summed E-state index contributed by atoms with van der Waals surface area (Å²) in [7, 11) is -3.37. The van der Waals surface area contributed by atoms with Crippen LogP contribution in [-0.2, 0) is 16.6 Å². The molecule has 1 aromatic rings. The average molecular weight is 333 g/mol. The van der Waals surface area contributed by atoms with Gasteiger partial charge in [-0.15, -0.1) is 11.6 Å². The summed E-state index contributed by atoms with van der Waals surface area (Å²) in [5.41, 5.74) is 1.65. The number of benzene rings is 1. The lowest BCUT2D eigenvalue weighted by Crippen LogP contribution is -2.25. The molecule has 4 nitrogen and oxygen atoms in total. The standard InChI is InChI=1S/C15H25ClN2O2S/c1-4-18(5-2)11-14-8-6-7-9-15(14)17-21(19,20)12-13(3)10-16/h6-9,13,17H,4-5,10-12H2,1-3H3. The van der Waals surface area contributed by atoms with E-state index < -0.39 is 10.0 Å². The Morgan fingerprint density at radius 2 is 1.86 bits per heavy atom. The van der Waals surface area contributed by atoms with E-state index in [1.807, 2.05) is 31.2 Å². The summed E-state index contributed by atoms with van der Waals surface area (Å²) < 4.78 is 27.0. The number of halogens is 1. The zero-order chi connectivity index (χ0) is 15.9. The first-order valence-corrected chi connectivity index (χ1v) is 9.47. The van der Waals surface area contributed by atoms with Gasteiger partial charge >= 0.3 is 0 Å². The molecule has 6 heteroatoms. The largest absolute Gasteiger partial charge is 0.300 e. The van der Waals surface area contributed by atoms with Crippen molar-refractivity contribution in [3.05, 3.63) is 29.8 Å². The molecule has 1 unspecified atom stereocenters. The fourth-order valence-electron chi connectivity index (χ4n) is 2.07. The summed E-state index contributed by atoms with van der Waals surface area (Å²) in [6, 6.07) is 7.54. The lowest BCUT2D eigenvalue weighted by molar-refractivity contribution is 0.296. The number of hydrogen-bond donors (Lipinski definition) is 1. The Labute approximate surface area is 133 Å². The van der Waals surface area contributed by atoms with Gasteiger partial charge in [-0.3, -0.25) is 9.62 Å². The van der Waals surface area contributed by atoms with E-state index in [0.29, 0.717) is 11.6 Å². The Kier molecular flexibility index (Phi) is 7.49. The Balaban J connectivity index is 2.88. The monoisotopic (exact) mass is 332 g/mol. The van der Waals surface area contributed by atoms with Gasteiger partial charge in [0.2, 0.25) is 10.0 Å². The Hall–Kier alpha value is -0.780. The molecular weight excluding hydrogens is 308 g/mol. The minimum absolute atomic E-state index is 0.0378. The van der Waals surface area contributed by atoms with Gasteiger partial charge in [0.25, 0.3) is 0 Å². The smallest absolute Gasteiger partial charge is 0.233 e. The number of nitrogens with one attached hydrogen (secondary N) is 1. The van der Waals surface area contributed by atoms with E-state index in [1.165, 1.54) is 0 Å². The van der Waals surface area contributed by atoms with E-state index >= 15 is 0 Å². The molecule has 0 aliphatic heterocycles. The third-order valence-electron chi connectivity index (χ3n) is 3.34. The van der Waals surface area contributed by atoms with Crippen molar-refractivity contribution in [2.45, 2.75) is 27.3 Å². The highest BCUT2D eigenvalue weighted by atomic mass is 35.5. The van der Waals surface area contributed by atoms with Crippen molar-refractivity contribution in [1.82, 2.24) is 4.90 Å². The van der Waals surface area contributed by atoms with Crippen LogP contribution >= 0.6 is 11.6 Å². The average Bonchev–Trinajstić information content (AvgIpc) is 2.45. The van der Waals surface area contributed by atoms with Crippen molar-refractivity contribution in [1.29, 1.82) is 0 Å². The molecule has 0 bridgehead atoms. The molecule has 0 radical (unpaired) electrons. The van der Waals surface area contributed by atoms with E-state index in [-0.39, 0.29) is 11.7 Å². The van der Waals surface area contributed by atoms with Crippen LogP contribution in [0, 0.1) is 5.92 Å². The minimum atomic E-state index is -3.37. The van der Waals surface area contributed by atoms with Crippen molar-refractivity contribution in [3.8, 4) is 0 Å². The third-order valence-corrected chi connectivity index (χ3v) is 5.40. The highest BCUT2D eigenvalue weighted by Crippen LogP contribution is 2.19. The number of alkyl halides is 1. The van der Waals surface area contributed by atoms with Gasteiger partial charge in [0.15, 0.2) is 0 Å². The van der Waals surface area contributed by atoms with Crippen LogP contribution in [0.4, 0.5) is 5.69 Å². The van der Waals surface area contributed by atoms with E-state index in [1.54, 1.807) is 0 Å². The summed E-state index contributed by atoms with van der Waals surface area (Å²) in [6.07, 6.45) is 0. The van der Waals surface area contributed by atoms with Gasteiger partial charge < -0.3 is 0 Å². The quantitative estimate of drug-likeness (QED) is 0.707. The minimum Gasteiger partial charge on any atom is -0.300 e. The van der Waals surface area contributed by atoms with Crippen molar-refractivity contribution in [2.75, 3.05) is 29.4 Å². The SMILES string of the molecule is CCN(CC)Cc1ccccc1NS(=O)(=O)CC(C)CCl. The van der Waals surface area contributed by atoms with Crippen molar-refractivity contribution >= 4 is 27.3 Å². The molecule has 1 aromatic carbocycles. The zero-order valence-electron chi connectivity index (χ0n) is 13.0. The maximum Gasteiger partial charge on any atom is 0.233 e. The second-order valence-corrected chi connectivity index (χ2v) is 7.34. The van der Waals surface area contributed by atoms with Crippen molar-refractivity contribution in [3.63, 3.8) is 0 Å². The first-order valence-electron chi connectivity index (χ1n) is 7.28. The molecule has 1 N–H and O–H groups in total. The van der Waals surface area contributed by atoms with Gasteiger partial charge in [0, 0.05) is 12.4 Å². The molecule has 0 aliphatic rings. The Morgan fingerprint density at radius 3 is 2.43 bits per heavy atom. The third kappa shape index (κ3) is 6.24. The van der Waals surface area contributed by atoms with Crippen LogP contribution in [0.5, 0.6) is 0 Å². The lowest BCUT2D eigenvalue weighted by Gasteiger charge is -2.21. The fourth-order valence-corrected chi connectivity index (χ4v) is 3.80. The zero-order valence-corrected chi connectivity index (χ0v) is 14.5. The predicted octanol–water partition coefficient (Wildman–Crippen LogP) is 3.15. The fraction of sp³-hybridized carbons (Fsp3) is 0.600. The van der Waals surface area contributed by atoms with E-state index in [4.69, 9.17) is 11.6 Å². The summed E-state index contributed by atoms with van der Waals surface area (Å²) in [6.45, 7) is 8.61. The molecule has 0 fully saturated rings. The number of hydrogen-bond acceptors (Lipinski definition) is 3. The van der Waals surface area contributed by atoms with E-state index in [2.05, 4.69) is 23.5 Å². The molecule has 0 spiro atoms. The summed E-state index contributed by atoms with van der Waals surface area (Å²) in [5, 5.41) is 0. The highest BCUT2D eigenvalue weighted by Gasteiger charge is 2.17. The van der Waals surface area contributed by atoms with Gasteiger partial charge in [-0.1, -0.05) is 39.0 Å². The van der Waals surface area contributed by atoms with Crippen LogP contribution in [0.25, 0.3) is 0 Å². The Bertz CT molecular complexity index is 530. The Morgan fingerprint density at radius 1 is 1.24 bits per heavy atom. The van der Waals surface area contributed by atoms with E-state index in [0.717, 1.165) is 25.2 Å². The summed E-state index contributed by atoms with van der Waals surface area (Å²) >= 11 is 5.70. The number of nitrogens with zero attached hydrogens (tertiary/aromatic N) is 1. The van der Waals surface area contributed by atoms with Crippen molar-refractivity contribution < 1.29 is 8.42 Å². The summed E-state index contributed by atoms with van der Waals surface area (Å²) in [5.74, 6) is 0.303. The number of para-hydroxylation sites is 1. The van der Waals surface area contributed by atoms with Gasteiger partial charge in [-0.2, -0.15) is 0 Å². The van der Waals surface area contributed by atoms with Crippen LogP contribution in [0.15, 0.2) is 24.3 Å². The topological polar surface area (TPSA) is 49.4 Å². The molecule has 120 valence electrons. The van der Waals surface area contributed by atoms with Gasteiger partial charge in [-0.25, -0.2) is 8.42 Å². The molecule has 0 heterocycles. The van der Waals surface area contributed by atoms with Gasteiger partial charge in [0.1, 0.15) is 0 Å². The molecule has 1 atom stereocenters. The van der Waals surface area contributed by atoms with Gasteiger partial charge in [-0.05, 0) is 30.6 Å². The maximum atomic E-state index is 12.2. The predicted molar refractivity (Wildman–Crippen MR) is 90.4 cm³/mol. The first-order chi connectivity index (χ1) is 9.91. The van der Waals surface area contributed by atoms with Crippen LogP contribution in [0.1, 0.15) is 26.3 Å². The second kappa shape index (κ2) is 8.61. The number of anilines is 1. The normalized spacial score (nSPS) is 13.4. The molecule has 0 saturated carbocycles. The van der Waals surface area contributed by atoms with Crippen LogP contribution in [0.2, 0.25) is 0 Å². The number of sulfonamides is 1. The van der Waals surface area contributed by atoms with Crippen LogP contribution in [0.3, 0.4) is 0 Å². The lowest BCUT2D eigenvalue weighted by atomic mass is 10.1. The molecule has 1 rings (SSSR count). The first kappa shape index (κ1) is 18.3. The molecule has 0 aliphatic carbocycles. The molecule has 0 saturated heterocycles. The molecular formula is C15H25ClN2O2S. The molecule has 0 amide bonds. The second-order valence-electron chi connectivity index (χ2n) is 5.26. The number of rotatable bonds is 9.